The average molecular weight is 302 g/mol. The number of ketones is 1. The number of carbonyl (C=O) groups is 2. The number of ether oxygens (including phenoxy) is 1. The number of rotatable bonds is 6. The van der Waals surface area contributed by atoms with Gasteiger partial charge in [0.15, 0.2) is 0 Å². The van der Waals surface area contributed by atoms with Gasteiger partial charge < -0.3 is 4.74 Å². The van der Waals surface area contributed by atoms with Gasteiger partial charge in [-0.2, -0.15) is 0 Å². The SMILES string of the molecule is CCOC(=O)C(CC)c1ccc(C(=O)c2cccs2)cc1. The topological polar surface area (TPSA) is 43.4 Å². The Hall–Kier alpha value is -1.94. The summed E-state index contributed by atoms with van der Waals surface area (Å²) in [5, 5.41) is 1.88. The third-order valence-corrected chi connectivity index (χ3v) is 4.17. The van der Waals surface area contributed by atoms with E-state index in [2.05, 4.69) is 0 Å². The fourth-order valence-electron chi connectivity index (χ4n) is 2.20. The van der Waals surface area contributed by atoms with E-state index in [4.69, 9.17) is 4.74 Å². The molecule has 0 aliphatic rings. The first-order valence-corrected chi connectivity index (χ1v) is 7.90. The first-order chi connectivity index (χ1) is 10.2. The molecule has 1 atom stereocenters. The Labute approximate surface area is 128 Å². The Bertz CT molecular complexity index is 599. The Kier molecular flexibility index (Phi) is 5.28. The second-order valence-corrected chi connectivity index (χ2v) is 5.59. The second-order valence-electron chi connectivity index (χ2n) is 4.64. The van der Waals surface area contributed by atoms with Crippen molar-refractivity contribution >= 4 is 23.1 Å². The molecule has 0 aliphatic heterocycles. The van der Waals surface area contributed by atoms with Crippen LogP contribution in [0.2, 0.25) is 0 Å². The molecule has 1 heterocycles. The van der Waals surface area contributed by atoms with Crippen LogP contribution in [0.15, 0.2) is 41.8 Å². The maximum absolute atomic E-state index is 12.2. The Morgan fingerprint density at radius 1 is 1.14 bits per heavy atom. The molecule has 0 spiro atoms. The first kappa shape index (κ1) is 15.4. The summed E-state index contributed by atoms with van der Waals surface area (Å²) < 4.78 is 5.08. The minimum Gasteiger partial charge on any atom is -0.466 e. The quantitative estimate of drug-likeness (QED) is 0.597. The van der Waals surface area contributed by atoms with Crippen LogP contribution in [0.3, 0.4) is 0 Å². The van der Waals surface area contributed by atoms with Crippen LogP contribution in [0.4, 0.5) is 0 Å². The zero-order valence-corrected chi connectivity index (χ0v) is 13.0. The van der Waals surface area contributed by atoms with Gasteiger partial charge in [0.1, 0.15) is 0 Å². The van der Waals surface area contributed by atoms with E-state index in [1.165, 1.54) is 11.3 Å². The fourth-order valence-corrected chi connectivity index (χ4v) is 2.88. The van der Waals surface area contributed by atoms with Crippen molar-refractivity contribution in [3.63, 3.8) is 0 Å². The molecule has 0 radical (unpaired) electrons. The number of carbonyl (C=O) groups excluding carboxylic acids is 2. The van der Waals surface area contributed by atoms with Crippen molar-refractivity contribution in [2.45, 2.75) is 26.2 Å². The first-order valence-electron chi connectivity index (χ1n) is 7.02. The molecule has 21 heavy (non-hydrogen) atoms. The molecule has 110 valence electrons. The lowest BCUT2D eigenvalue weighted by Crippen LogP contribution is -2.15. The molecule has 0 amide bonds. The molecule has 2 aromatic rings. The lowest BCUT2D eigenvalue weighted by atomic mass is 9.95. The molecular formula is C17H18O3S. The van der Waals surface area contributed by atoms with Gasteiger partial charge in [0.25, 0.3) is 0 Å². The average Bonchev–Trinajstić information content (AvgIpc) is 3.02. The van der Waals surface area contributed by atoms with Gasteiger partial charge in [0.05, 0.1) is 17.4 Å². The smallest absolute Gasteiger partial charge is 0.313 e. The van der Waals surface area contributed by atoms with Gasteiger partial charge in [-0.1, -0.05) is 37.3 Å². The number of benzene rings is 1. The maximum atomic E-state index is 12.2. The Balaban J connectivity index is 2.18. The molecule has 0 saturated carbocycles. The van der Waals surface area contributed by atoms with Gasteiger partial charge in [-0.15, -0.1) is 11.3 Å². The lowest BCUT2D eigenvalue weighted by Gasteiger charge is -2.14. The molecule has 3 nitrogen and oxygen atoms in total. The summed E-state index contributed by atoms with van der Waals surface area (Å²) in [7, 11) is 0. The van der Waals surface area contributed by atoms with Gasteiger partial charge in [0, 0.05) is 5.56 Å². The van der Waals surface area contributed by atoms with Crippen LogP contribution in [0, 0.1) is 0 Å². The Morgan fingerprint density at radius 2 is 1.86 bits per heavy atom. The largest absolute Gasteiger partial charge is 0.466 e. The molecule has 0 saturated heterocycles. The summed E-state index contributed by atoms with van der Waals surface area (Å²) in [5.74, 6) is -0.464. The third-order valence-electron chi connectivity index (χ3n) is 3.30. The molecule has 4 heteroatoms. The van der Waals surface area contributed by atoms with E-state index >= 15 is 0 Å². The molecule has 1 aromatic carbocycles. The van der Waals surface area contributed by atoms with Crippen LogP contribution in [0.1, 0.15) is 47.0 Å². The van der Waals surface area contributed by atoms with Gasteiger partial charge >= 0.3 is 5.97 Å². The minimum atomic E-state index is -0.268. The van der Waals surface area contributed by atoms with Gasteiger partial charge in [0.2, 0.25) is 5.78 Å². The van der Waals surface area contributed by atoms with Crippen LogP contribution in [-0.2, 0) is 9.53 Å². The van der Waals surface area contributed by atoms with E-state index in [0.29, 0.717) is 18.6 Å². The van der Waals surface area contributed by atoms with E-state index < -0.39 is 0 Å². The molecule has 0 bridgehead atoms. The highest BCUT2D eigenvalue weighted by Gasteiger charge is 2.20. The summed E-state index contributed by atoms with van der Waals surface area (Å²) in [4.78, 5) is 24.8. The summed E-state index contributed by atoms with van der Waals surface area (Å²) >= 11 is 1.43. The monoisotopic (exact) mass is 302 g/mol. The predicted octanol–water partition coefficient (Wildman–Crippen LogP) is 4.04. The van der Waals surface area contributed by atoms with Gasteiger partial charge in [-0.3, -0.25) is 9.59 Å². The van der Waals surface area contributed by atoms with Crippen molar-refractivity contribution < 1.29 is 14.3 Å². The highest BCUT2D eigenvalue weighted by atomic mass is 32.1. The van der Waals surface area contributed by atoms with Gasteiger partial charge in [-0.25, -0.2) is 0 Å². The Morgan fingerprint density at radius 3 is 2.38 bits per heavy atom. The molecule has 0 aliphatic carbocycles. The summed E-state index contributed by atoms with van der Waals surface area (Å²) in [6.45, 7) is 4.13. The van der Waals surface area contributed by atoms with E-state index in [1.54, 1.807) is 19.1 Å². The van der Waals surface area contributed by atoms with Crippen LogP contribution >= 0.6 is 11.3 Å². The summed E-state index contributed by atoms with van der Waals surface area (Å²) in [5.41, 5.74) is 1.53. The van der Waals surface area contributed by atoms with Crippen molar-refractivity contribution in [1.82, 2.24) is 0 Å². The van der Waals surface area contributed by atoms with Crippen molar-refractivity contribution in [1.29, 1.82) is 0 Å². The van der Waals surface area contributed by atoms with Crippen LogP contribution in [0.5, 0.6) is 0 Å². The lowest BCUT2D eigenvalue weighted by molar-refractivity contribution is -0.145. The van der Waals surface area contributed by atoms with Gasteiger partial charge in [-0.05, 0) is 30.4 Å². The van der Waals surface area contributed by atoms with Crippen molar-refractivity contribution in [3.8, 4) is 0 Å². The van der Waals surface area contributed by atoms with Crippen molar-refractivity contribution in [2.75, 3.05) is 6.61 Å². The van der Waals surface area contributed by atoms with E-state index in [1.807, 2.05) is 36.6 Å². The van der Waals surface area contributed by atoms with Crippen LogP contribution < -0.4 is 0 Å². The highest BCUT2D eigenvalue weighted by Crippen LogP contribution is 2.23. The van der Waals surface area contributed by atoms with E-state index in [-0.39, 0.29) is 17.7 Å². The molecule has 1 aromatic heterocycles. The van der Waals surface area contributed by atoms with Crippen LogP contribution in [0.25, 0.3) is 0 Å². The van der Waals surface area contributed by atoms with E-state index in [9.17, 15) is 9.59 Å². The number of thiophene rings is 1. The van der Waals surface area contributed by atoms with Crippen molar-refractivity contribution in [3.05, 3.63) is 57.8 Å². The number of hydrogen-bond acceptors (Lipinski definition) is 4. The van der Waals surface area contributed by atoms with E-state index in [0.717, 1.165) is 10.4 Å². The molecule has 0 N–H and O–H groups in total. The zero-order chi connectivity index (χ0) is 15.2. The predicted molar refractivity (Wildman–Crippen MR) is 83.9 cm³/mol. The fraction of sp³-hybridized carbons (Fsp3) is 0.294. The second kappa shape index (κ2) is 7.18. The summed E-state index contributed by atoms with van der Waals surface area (Å²) in [6, 6.07) is 10.9. The molecule has 1 unspecified atom stereocenters. The minimum absolute atomic E-state index is 0.0146. The number of hydrogen-bond donors (Lipinski definition) is 0. The van der Waals surface area contributed by atoms with Crippen molar-refractivity contribution in [2.24, 2.45) is 0 Å². The highest BCUT2D eigenvalue weighted by molar-refractivity contribution is 7.12. The molecule has 0 fully saturated rings. The zero-order valence-electron chi connectivity index (χ0n) is 12.2. The molecule has 2 rings (SSSR count). The maximum Gasteiger partial charge on any atom is 0.313 e. The number of esters is 1. The van der Waals surface area contributed by atoms with Crippen LogP contribution in [-0.4, -0.2) is 18.4 Å². The molecular weight excluding hydrogens is 284 g/mol. The summed E-state index contributed by atoms with van der Waals surface area (Å²) in [6.07, 6.45) is 0.678. The standard InChI is InChI=1S/C17H18O3S/c1-3-14(17(19)20-4-2)12-7-9-13(10-8-12)16(18)15-6-5-11-21-15/h5-11,14H,3-4H2,1-2H3. The third kappa shape index (κ3) is 3.58. The normalized spacial score (nSPS) is 11.9.